The van der Waals surface area contributed by atoms with E-state index < -0.39 is 0 Å². The fourth-order valence-electron chi connectivity index (χ4n) is 2.91. The van der Waals surface area contributed by atoms with Crippen molar-refractivity contribution in [3.63, 3.8) is 0 Å². The average molecular weight is 287 g/mol. The molecule has 5 heteroatoms. The fourth-order valence-corrected chi connectivity index (χ4v) is 2.91. The van der Waals surface area contributed by atoms with Gasteiger partial charge in [-0.15, -0.1) is 5.10 Å². The van der Waals surface area contributed by atoms with E-state index in [1.54, 1.807) is 13.4 Å². The van der Waals surface area contributed by atoms with Crippen LogP contribution in [0.5, 0.6) is 5.88 Å². The highest BCUT2D eigenvalue weighted by Gasteiger charge is 2.29. The maximum Gasteiger partial charge on any atom is 0.233 e. The third kappa shape index (κ3) is 3.24. The van der Waals surface area contributed by atoms with Crippen LogP contribution in [0.3, 0.4) is 0 Å². The molecule has 5 nitrogen and oxygen atoms in total. The predicted molar refractivity (Wildman–Crippen MR) is 78.8 cm³/mol. The molecule has 0 unspecified atom stereocenters. The summed E-state index contributed by atoms with van der Waals surface area (Å²) in [5.41, 5.74) is 0.960. The highest BCUT2D eigenvalue weighted by molar-refractivity contribution is 5.12. The number of nitrogens with zero attached hydrogens (tertiary/aromatic N) is 3. The topological polar surface area (TPSA) is 51.4 Å². The first kappa shape index (κ1) is 14.1. The Morgan fingerprint density at radius 2 is 2.24 bits per heavy atom. The molecule has 0 saturated carbocycles. The van der Waals surface area contributed by atoms with Gasteiger partial charge < -0.3 is 9.15 Å². The van der Waals surface area contributed by atoms with E-state index in [2.05, 4.69) is 28.1 Å². The van der Waals surface area contributed by atoms with Crippen LogP contribution in [-0.4, -0.2) is 28.8 Å². The zero-order valence-electron chi connectivity index (χ0n) is 12.5. The molecule has 2 atom stereocenters. The van der Waals surface area contributed by atoms with Crippen LogP contribution in [0.2, 0.25) is 0 Å². The molecule has 2 aromatic heterocycles. The number of furan rings is 1. The van der Waals surface area contributed by atoms with Crippen molar-refractivity contribution < 1.29 is 9.15 Å². The summed E-state index contributed by atoms with van der Waals surface area (Å²) in [5, 5.41) is 8.27. The van der Waals surface area contributed by atoms with Gasteiger partial charge in [0.2, 0.25) is 5.88 Å². The van der Waals surface area contributed by atoms with Crippen molar-refractivity contribution >= 4 is 0 Å². The molecule has 1 saturated heterocycles. The van der Waals surface area contributed by atoms with Crippen molar-refractivity contribution in [2.24, 2.45) is 5.92 Å². The Labute approximate surface area is 124 Å². The molecule has 0 aliphatic carbocycles. The van der Waals surface area contributed by atoms with Crippen LogP contribution in [0.15, 0.2) is 34.9 Å². The van der Waals surface area contributed by atoms with E-state index in [-0.39, 0.29) is 0 Å². The van der Waals surface area contributed by atoms with Crippen LogP contribution < -0.4 is 4.74 Å². The third-order valence-corrected chi connectivity index (χ3v) is 4.12. The van der Waals surface area contributed by atoms with Gasteiger partial charge in [-0.05, 0) is 43.5 Å². The van der Waals surface area contributed by atoms with Gasteiger partial charge in [0.1, 0.15) is 5.76 Å². The zero-order valence-corrected chi connectivity index (χ0v) is 12.5. The molecular weight excluding hydrogens is 266 g/mol. The van der Waals surface area contributed by atoms with Gasteiger partial charge in [0.25, 0.3) is 0 Å². The van der Waals surface area contributed by atoms with Crippen LogP contribution in [0, 0.1) is 5.92 Å². The summed E-state index contributed by atoms with van der Waals surface area (Å²) in [5.74, 6) is 2.31. The summed E-state index contributed by atoms with van der Waals surface area (Å²) in [6.45, 7) is 4.15. The van der Waals surface area contributed by atoms with Gasteiger partial charge in [-0.25, -0.2) is 0 Å². The van der Waals surface area contributed by atoms with Gasteiger partial charge in [0, 0.05) is 12.6 Å². The number of aromatic nitrogens is 2. The summed E-state index contributed by atoms with van der Waals surface area (Å²) in [6, 6.07) is 8.18. The largest absolute Gasteiger partial charge is 0.480 e. The van der Waals surface area contributed by atoms with Crippen molar-refractivity contribution in [1.82, 2.24) is 15.1 Å². The van der Waals surface area contributed by atoms with Crippen LogP contribution in [0.1, 0.15) is 37.3 Å². The lowest BCUT2D eigenvalue weighted by atomic mass is 9.91. The molecule has 1 aliphatic heterocycles. The summed E-state index contributed by atoms with van der Waals surface area (Å²) < 4.78 is 10.7. The normalized spacial score (nSPS) is 23.1. The van der Waals surface area contributed by atoms with E-state index >= 15 is 0 Å². The van der Waals surface area contributed by atoms with Crippen LogP contribution in [-0.2, 0) is 6.54 Å². The molecule has 0 spiro atoms. The Bertz CT molecular complexity index is 553. The molecule has 0 bridgehead atoms. The van der Waals surface area contributed by atoms with Crippen molar-refractivity contribution in [3.8, 4) is 5.88 Å². The predicted octanol–water partition coefficient (Wildman–Crippen LogP) is 3.05. The first-order valence-corrected chi connectivity index (χ1v) is 7.40. The minimum absolute atomic E-state index is 0.327. The van der Waals surface area contributed by atoms with E-state index in [9.17, 15) is 0 Å². The van der Waals surface area contributed by atoms with Crippen molar-refractivity contribution in [2.75, 3.05) is 13.7 Å². The number of methoxy groups -OCH3 is 1. The Kier molecular flexibility index (Phi) is 4.20. The zero-order chi connectivity index (χ0) is 14.7. The molecule has 0 radical (unpaired) electrons. The maximum absolute atomic E-state index is 5.63. The maximum atomic E-state index is 5.63. The molecule has 0 amide bonds. The number of rotatable bonds is 4. The molecule has 0 N–H and O–H groups in total. The van der Waals surface area contributed by atoms with E-state index in [0.717, 1.165) is 36.9 Å². The summed E-state index contributed by atoms with van der Waals surface area (Å²) in [4.78, 5) is 2.43. The smallest absolute Gasteiger partial charge is 0.233 e. The first-order valence-electron chi connectivity index (χ1n) is 7.40. The lowest BCUT2D eigenvalue weighted by Crippen LogP contribution is -2.35. The Morgan fingerprint density at radius 3 is 2.90 bits per heavy atom. The molecule has 112 valence electrons. The van der Waals surface area contributed by atoms with E-state index in [4.69, 9.17) is 9.15 Å². The number of ether oxygens (including phenoxy) is 1. The highest BCUT2D eigenvalue weighted by atomic mass is 16.5. The minimum Gasteiger partial charge on any atom is -0.480 e. The van der Waals surface area contributed by atoms with Crippen LogP contribution >= 0.6 is 0 Å². The Morgan fingerprint density at radius 1 is 1.33 bits per heavy atom. The standard InChI is InChI=1S/C16H21N3O2/c1-12-7-8-19(14(10-12)15-4-3-9-21-15)11-13-5-6-16(20-2)18-17-13/h3-6,9,12,14H,7-8,10-11H2,1-2H3/t12-,14+/m0/s1. The summed E-state index contributed by atoms with van der Waals surface area (Å²) >= 11 is 0. The van der Waals surface area contributed by atoms with Gasteiger partial charge in [-0.2, -0.15) is 5.10 Å². The lowest BCUT2D eigenvalue weighted by Gasteiger charge is -2.37. The van der Waals surface area contributed by atoms with Gasteiger partial charge in [0.15, 0.2) is 0 Å². The molecule has 0 aromatic carbocycles. The Hall–Kier alpha value is -1.88. The summed E-state index contributed by atoms with van der Waals surface area (Å²) in [7, 11) is 1.60. The third-order valence-electron chi connectivity index (χ3n) is 4.12. The number of likely N-dealkylation sites (tertiary alicyclic amines) is 1. The minimum atomic E-state index is 0.327. The van der Waals surface area contributed by atoms with E-state index in [1.165, 1.54) is 6.42 Å². The van der Waals surface area contributed by atoms with E-state index in [1.807, 2.05) is 18.2 Å². The number of hydrogen-bond acceptors (Lipinski definition) is 5. The Balaban J connectivity index is 1.75. The monoisotopic (exact) mass is 287 g/mol. The van der Waals surface area contributed by atoms with Crippen LogP contribution in [0.25, 0.3) is 0 Å². The van der Waals surface area contributed by atoms with E-state index in [0.29, 0.717) is 11.9 Å². The van der Waals surface area contributed by atoms with Gasteiger partial charge in [-0.1, -0.05) is 6.92 Å². The van der Waals surface area contributed by atoms with Crippen molar-refractivity contribution in [3.05, 3.63) is 42.0 Å². The molecule has 3 rings (SSSR count). The van der Waals surface area contributed by atoms with Gasteiger partial charge in [-0.3, -0.25) is 4.90 Å². The number of hydrogen-bond donors (Lipinski definition) is 0. The second kappa shape index (κ2) is 6.26. The lowest BCUT2D eigenvalue weighted by molar-refractivity contribution is 0.0928. The first-order chi connectivity index (χ1) is 10.3. The van der Waals surface area contributed by atoms with Gasteiger partial charge >= 0.3 is 0 Å². The SMILES string of the molecule is COc1ccc(CN2CC[C@H](C)C[C@@H]2c2ccco2)nn1. The molecular formula is C16H21N3O2. The molecule has 1 fully saturated rings. The average Bonchev–Trinajstić information content (AvgIpc) is 3.04. The molecule has 3 heterocycles. The second-order valence-corrected chi connectivity index (χ2v) is 5.70. The van der Waals surface area contributed by atoms with Crippen LogP contribution in [0.4, 0.5) is 0 Å². The number of piperidine rings is 1. The van der Waals surface area contributed by atoms with Gasteiger partial charge in [0.05, 0.1) is 25.1 Å². The quantitative estimate of drug-likeness (QED) is 0.865. The highest BCUT2D eigenvalue weighted by Crippen LogP contribution is 2.35. The molecule has 2 aromatic rings. The fraction of sp³-hybridized carbons (Fsp3) is 0.500. The summed E-state index contributed by atoms with van der Waals surface area (Å²) in [6.07, 6.45) is 4.08. The molecule has 21 heavy (non-hydrogen) atoms. The second-order valence-electron chi connectivity index (χ2n) is 5.70. The van der Waals surface area contributed by atoms with Crippen molar-refractivity contribution in [1.29, 1.82) is 0 Å². The molecule has 1 aliphatic rings. The van der Waals surface area contributed by atoms with Crippen molar-refractivity contribution in [2.45, 2.75) is 32.4 Å².